The van der Waals surface area contributed by atoms with Crippen molar-refractivity contribution in [3.63, 3.8) is 0 Å². The third kappa shape index (κ3) is 2.25. The quantitative estimate of drug-likeness (QED) is 0.401. The standard InChI is InChI=1S/C4H2F4O/c1-2(5)3(9)4(6,7)8/h1H2. The van der Waals surface area contributed by atoms with Crippen LogP contribution in [0, 0.1) is 0 Å². The Morgan fingerprint density at radius 3 is 1.67 bits per heavy atom. The van der Waals surface area contributed by atoms with Crippen LogP contribution in [0.5, 0.6) is 0 Å². The van der Waals surface area contributed by atoms with Gasteiger partial charge in [-0.15, -0.1) is 0 Å². The molecular formula is C4H2F4O. The molecule has 0 saturated heterocycles. The number of hydrogen-bond donors (Lipinski definition) is 0. The molecule has 0 heterocycles. The highest BCUT2D eigenvalue weighted by atomic mass is 19.4. The molecule has 0 aliphatic carbocycles. The molecule has 52 valence electrons. The van der Waals surface area contributed by atoms with E-state index in [0.717, 1.165) is 0 Å². The maximum atomic E-state index is 11.3. The normalized spacial score (nSPS) is 11.1. The Morgan fingerprint density at radius 1 is 1.33 bits per heavy atom. The summed E-state index contributed by atoms with van der Waals surface area (Å²) in [5.74, 6) is -4.51. The topological polar surface area (TPSA) is 17.1 Å². The number of rotatable bonds is 1. The van der Waals surface area contributed by atoms with Crippen LogP contribution >= 0.6 is 0 Å². The molecule has 0 radical (unpaired) electrons. The van der Waals surface area contributed by atoms with Gasteiger partial charge >= 0.3 is 6.18 Å². The molecule has 0 fully saturated rings. The Balaban J connectivity index is 4.23. The average Bonchev–Trinajstić information content (AvgIpc) is 1.62. The summed E-state index contributed by atoms with van der Waals surface area (Å²) < 4.78 is 44.5. The molecule has 1 nitrogen and oxygen atoms in total. The van der Waals surface area contributed by atoms with Crippen LogP contribution in [0.15, 0.2) is 12.4 Å². The number of carbonyl (C=O) groups excluding carboxylic acids is 1. The summed E-state index contributed by atoms with van der Waals surface area (Å²) in [6.45, 7) is 2.19. The van der Waals surface area contributed by atoms with Crippen molar-refractivity contribution in [3.05, 3.63) is 12.4 Å². The maximum absolute atomic E-state index is 11.3. The molecule has 0 rings (SSSR count). The van der Waals surface area contributed by atoms with E-state index in [-0.39, 0.29) is 0 Å². The van der Waals surface area contributed by atoms with Crippen LogP contribution in [0.2, 0.25) is 0 Å². The van der Waals surface area contributed by atoms with Crippen molar-refractivity contribution in [2.45, 2.75) is 6.18 Å². The Hall–Kier alpha value is -0.870. The van der Waals surface area contributed by atoms with Gasteiger partial charge in [0.2, 0.25) is 0 Å². The van der Waals surface area contributed by atoms with Gasteiger partial charge in [0.15, 0.2) is 5.83 Å². The van der Waals surface area contributed by atoms with Crippen molar-refractivity contribution in [1.82, 2.24) is 0 Å². The van der Waals surface area contributed by atoms with Gasteiger partial charge in [0.05, 0.1) is 0 Å². The number of carbonyl (C=O) groups is 1. The first-order chi connectivity index (χ1) is 3.85. The minimum atomic E-state index is -5.13. The molecule has 0 bridgehead atoms. The van der Waals surface area contributed by atoms with Crippen LogP contribution in [-0.2, 0) is 4.79 Å². The van der Waals surface area contributed by atoms with E-state index >= 15 is 0 Å². The van der Waals surface area contributed by atoms with Crippen molar-refractivity contribution >= 4 is 5.78 Å². The van der Waals surface area contributed by atoms with Crippen molar-refractivity contribution < 1.29 is 22.4 Å². The van der Waals surface area contributed by atoms with Gasteiger partial charge in [-0.3, -0.25) is 4.79 Å². The first kappa shape index (κ1) is 8.13. The minimum Gasteiger partial charge on any atom is -0.281 e. The van der Waals surface area contributed by atoms with Crippen LogP contribution in [0.25, 0.3) is 0 Å². The second kappa shape index (κ2) is 2.16. The average molecular weight is 142 g/mol. The Bertz CT molecular complexity index is 145. The predicted molar refractivity (Wildman–Crippen MR) is 21.3 cm³/mol. The molecule has 0 aliphatic rings. The van der Waals surface area contributed by atoms with Gasteiger partial charge in [-0.2, -0.15) is 13.2 Å². The van der Waals surface area contributed by atoms with Crippen LogP contribution in [-0.4, -0.2) is 12.0 Å². The van der Waals surface area contributed by atoms with E-state index in [2.05, 4.69) is 6.58 Å². The number of allylic oxidation sites excluding steroid dienone is 1. The fraction of sp³-hybridized carbons (Fsp3) is 0.250. The highest BCUT2D eigenvalue weighted by Gasteiger charge is 2.40. The number of Topliss-reactive ketones (excluding diaryl/α,β-unsaturated/α-hetero) is 1. The van der Waals surface area contributed by atoms with Gasteiger partial charge in [0.1, 0.15) is 0 Å². The molecule has 0 aliphatic heterocycles. The van der Waals surface area contributed by atoms with E-state index in [4.69, 9.17) is 0 Å². The largest absolute Gasteiger partial charge is 0.457 e. The Morgan fingerprint density at radius 2 is 1.67 bits per heavy atom. The molecule has 5 heteroatoms. The van der Waals surface area contributed by atoms with Gasteiger partial charge in [0, 0.05) is 0 Å². The monoisotopic (exact) mass is 142 g/mol. The van der Waals surface area contributed by atoms with Crippen LogP contribution in [0.4, 0.5) is 17.6 Å². The van der Waals surface area contributed by atoms with Gasteiger partial charge < -0.3 is 0 Å². The first-order valence-electron chi connectivity index (χ1n) is 1.81. The van der Waals surface area contributed by atoms with Crippen molar-refractivity contribution in [3.8, 4) is 0 Å². The maximum Gasteiger partial charge on any atom is 0.457 e. The van der Waals surface area contributed by atoms with E-state index in [1.54, 1.807) is 0 Å². The van der Waals surface area contributed by atoms with Crippen LogP contribution in [0.3, 0.4) is 0 Å². The van der Waals surface area contributed by atoms with E-state index in [9.17, 15) is 22.4 Å². The zero-order chi connectivity index (χ0) is 7.65. The second-order valence-corrected chi connectivity index (χ2v) is 1.23. The minimum absolute atomic E-state index is 1.98. The highest BCUT2D eigenvalue weighted by molar-refractivity contribution is 5.96. The van der Waals surface area contributed by atoms with Gasteiger partial charge in [-0.05, 0) is 0 Å². The molecule has 0 unspecified atom stereocenters. The summed E-state index contributed by atoms with van der Waals surface area (Å²) in [6.07, 6.45) is -5.13. The molecule has 0 atom stereocenters. The fourth-order valence-electron chi connectivity index (χ4n) is 0.154. The first-order valence-corrected chi connectivity index (χ1v) is 1.81. The lowest BCUT2D eigenvalue weighted by atomic mass is 10.4. The SMILES string of the molecule is C=C(F)C(=O)C(F)(F)F. The third-order valence-corrected chi connectivity index (χ3v) is 0.504. The second-order valence-electron chi connectivity index (χ2n) is 1.23. The summed E-state index contributed by atoms with van der Waals surface area (Å²) in [6, 6.07) is 0. The van der Waals surface area contributed by atoms with Gasteiger partial charge in [0.25, 0.3) is 5.78 Å². The summed E-state index contributed by atoms with van der Waals surface area (Å²) in [5.41, 5.74) is 0. The summed E-state index contributed by atoms with van der Waals surface area (Å²) in [4.78, 5) is 9.56. The molecule has 0 saturated carbocycles. The molecule has 0 aromatic carbocycles. The molecule has 0 aromatic heterocycles. The van der Waals surface area contributed by atoms with Crippen LogP contribution < -0.4 is 0 Å². The van der Waals surface area contributed by atoms with E-state index in [1.807, 2.05) is 0 Å². The molecule has 9 heavy (non-hydrogen) atoms. The molecule has 0 amide bonds. The number of hydrogen-bond acceptors (Lipinski definition) is 1. The lowest BCUT2D eigenvalue weighted by molar-refractivity contribution is -0.168. The lowest BCUT2D eigenvalue weighted by Crippen LogP contribution is -2.22. The molecule has 0 spiro atoms. The Labute approximate surface area is 48.0 Å². The van der Waals surface area contributed by atoms with Crippen molar-refractivity contribution in [2.24, 2.45) is 0 Å². The predicted octanol–water partition coefficient (Wildman–Crippen LogP) is 1.60. The lowest BCUT2D eigenvalue weighted by Gasteiger charge is -1.99. The summed E-state index contributed by atoms with van der Waals surface area (Å²) in [7, 11) is 0. The van der Waals surface area contributed by atoms with Gasteiger partial charge in [-0.25, -0.2) is 4.39 Å². The van der Waals surface area contributed by atoms with Gasteiger partial charge in [-0.1, -0.05) is 6.58 Å². The molecular weight excluding hydrogens is 140 g/mol. The zero-order valence-electron chi connectivity index (χ0n) is 4.13. The summed E-state index contributed by atoms with van der Waals surface area (Å²) in [5, 5.41) is 0. The number of ketones is 1. The Kier molecular flexibility index (Phi) is 1.95. The van der Waals surface area contributed by atoms with Crippen molar-refractivity contribution in [2.75, 3.05) is 0 Å². The van der Waals surface area contributed by atoms with Crippen LogP contribution in [0.1, 0.15) is 0 Å². The highest BCUT2D eigenvalue weighted by Crippen LogP contribution is 2.19. The van der Waals surface area contributed by atoms with E-state index in [0.29, 0.717) is 0 Å². The zero-order valence-corrected chi connectivity index (χ0v) is 4.13. The third-order valence-electron chi connectivity index (χ3n) is 0.504. The molecule has 0 aromatic rings. The smallest absolute Gasteiger partial charge is 0.281 e. The van der Waals surface area contributed by atoms with Crippen molar-refractivity contribution in [1.29, 1.82) is 0 Å². The fourth-order valence-corrected chi connectivity index (χ4v) is 0.154. The summed E-state index contributed by atoms with van der Waals surface area (Å²) >= 11 is 0. The number of halogens is 4. The van der Waals surface area contributed by atoms with E-state index in [1.165, 1.54) is 0 Å². The molecule has 0 N–H and O–H groups in total. The number of alkyl halides is 3. The van der Waals surface area contributed by atoms with E-state index < -0.39 is 17.8 Å².